The maximum atomic E-state index is 13.3. The van der Waals surface area contributed by atoms with Crippen molar-refractivity contribution in [2.45, 2.75) is 20.4 Å². The molecule has 1 aromatic heterocycles. The normalized spacial score (nSPS) is 15.6. The number of piperazine rings is 1. The van der Waals surface area contributed by atoms with Crippen LogP contribution in [0.5, 0.6) is 0 Å². The highest BCUT2D eigenvalue weighted by Crippen LogP contribution is 2.33. The molecule has 34 heavy (non-hydrogen) atoms. The summed E-state index contributed by atoms with van der Waals surface area (Å²) in [6, 6.07) is 15.0. The van der Waals surface area contributed by atoms with E-state index in [1.165, 1.54) is 4.90 Å². The van der Waals surface area contributed by atoms with Crippen LogP contribution in [0.15, 0.2) is 60.9 Å². The van der Waals surface area contributed by atoms with Crippen LogP contribution >= 0.6 is 0 Å². The molecule has 5 rings (SSSR count). The third-order valence-electron chi connectivity index (χ3n) is 6.42. The predicted octanol–water partition coefficient (Wildman–Crippen LogP) is 3.46. The Morgan fingerprint density at radius 2 is 1.65 bits per heavy atom. The van der Waals surface area contributed by atoms with E-state index in [-0.39, 0.29) is 24.3 Å². The Morgan fingerprint density at radius 1 is 0.912 bits per heavy atom. The van der Waals surface area contributed by atoms with Crippen molar-refractivity contribution in [1.82, 2.24) is 14.8 Å². The van der Waals surface area contributed by atoms with Crippen molar-refractivity contribution in [3.05, 3.63) is 94.3 Å². The van der Waals surface area contributed by atoms with Gasteiger partial charge in [0.25, 0.3) is 17.7 Å². The molecule has 0 N–H and O–H groups in total. The minimum atomic E-state index is -0.284. The smallest absolute Gasteiger partial charge is 0.263 e. The van der Waals surface area contributed by atoms with Crippen LogP contribution in [0, 0.1) is 13.8 Å². The van der Waals surface area contributed by atoms with Gasteiger partial charge in [0.1, 0.15) is 0 Å². The molecule has 7 heteroatoms. The maximum Gasteiger partial charge on any atom is 0.263 e. The number of aryl methyl sites for hydroxylation is 2. The number of imide groups is 1. The van der Waals surface area contributed by atoms with Crippen LogP contribution in [-0.2, 0) is 6.54 Å². The number of pyridine rings is 1. The number of rotatable bonds is 4. The van der Waals surface area contributed by atoms with Crippen LogP contribution in [0.3, 0.4) is 0 Å². The van der Waals surface area contributed by atoms with Crippen LogP contribution in [0.25, 0.3) is 0 Å². The summed E-state index contributed by atoms with van der Waals surface area (Å²) in [5, 5.41) is 0. The highest BCUT2D eigenvalue weighted by molar-refractivity contribution is 6.23. The Morgan fingerprint density at radius 3 is 2.32 bits per heavy atom. The van der Waals surface area contributed by atoms with E-state index in [1.807, 2.05) is 49.1 Å². The van der Waals surface area contributed by atoms with Gasteiger partial charge in [-0.05, 0) is 49.7 Å². The number of carbonyl (C=O) groups is 3. The third-order valence-corrected chi connectivity index (χ3v) is 6.42. The van der Waals surface area contributed by atoms with Crippen molar-refractivity contribution in [3.63, 3.8) is 0 Å². The van der Waals surface area contributed by atoms with Crippen LogP contribution in [-0.4, -0.2) is 58.7 Å². The molecule has 1 saturated heterocycles. The largest absolute Gasteiger partial charge is 0.367 e. The van der Waals surface area contributed by atoms with E-state index in [1.54, 1.807) is 24.5 Å². The van der Waals surface area contributed by atoms with E-state index < -0.39 is 0 Å². The second-order valence-corrected chi connectivity index (χ2v) is 8.91. The second-order valence-electron chi connectivity index (χ2n) is 8.91. The summed E-state index contributed by atoms with van der Waals surface area (Å²) < 4.78 is 0. The van der Waals surface area contributed by atoms with Crippen LogP contribution in [0.1, 0.15) is 47.8 Å². The van der Waals surface area contributed by atoms with E-state index in [4.69, 9.17) is 0 Å². The van der Waals surface area contributed by atoms with E-state index in [9.17, 15) is 14.4 Å². The highest BCUT2D eigenvalue weighted by atomic mass is 16.2. The lowest BCUT2D eigenvalue weighted by atomic mass is 10.0. The van der Waals surface area contributed by atoms with Gasteiger partial charge in [0, 0.05) is 44.1 Å². The number of aromatic nitrogens is 1. The molecule has 0 spiro atoms. The number of carbonyl (C=O) groups excluding carboxylic acids is 3. The Kier molecular flexibility index (Phi) is 5.61. The lowest BCUT2D eigenvalue weighted by molar-refractivity contribution is 0.0640. The van der Waals surface area contributed by atoms with Crippen molar-refractivity contribution in [2.75, 3.05) is 31.1 Å². The van der Waals surface area contributed by atoms with Gasteiger partial charge >= 0.3 is 0 Å². The average molecular weight is 455 g/mol. The lowest BCUT2D eigenvalue weighted by Gasteiger charge is -2.36. The first-order valence-electron chi connectivity index (χ1n) is 11.4. The first-order chi connectivity index (χ1) is 16.4. The van der Waals surface area contributed by atoms with E-state index in [2.05, 4.69) is 16.0 Å². The van der Waals surface area contributed by atoms with Gasteiger partial charge in [0.05, 0.1) is 23.4 Å². The number of fused-ring (bicyclic) bond motifs is 1. The van der Waals surface area contributed by atoms with Gasteiger partial charge in [-0.15, -0.1) is 0 Å². The molecule has 0 atom stereocenters. The fourth-order valence-corrected chi connectivity index (χ4v) is 4.83. The number of nitrogens with zero attached hydrogens (tertiary/aromatic N) is 4. The van der Waals surface area contributed by atoms with Crippen LogP contribution in [0.4, 0.5) is 5.69 Å². The molecule has 2 aromatic carbocycles. The molecule has 7 nitrogen and oxygen atoms in total. The average Bonchev–Trinajstić information content (AvgIpc) is 3.09. The van der Waals surface area contributed by atoms with Gasteiger partial charge in [-0.1, -0.05) is 29.3 Å². The standard InChI is InChI=1S/C27H26N4O3/c1-18-13-19(2)15-21(14-18)25(32)30-11-9-29(10-12-30)23-7-3-6-22-24(23)27(34)31(26(22)33)17-20-5-4-8-28-16-20/h3-8,13-16H,9-12,17H2,1-2H3. The second kappa shape index (κ2) is 8.74. The molecule has 0 bridgehead atoms. The maximum absolute atomic E-state index is 13.3. The molecule has 2 aliphatic rings. The summed E-state index contributed by atoms with van der Waals surface area (Å²) >= 11 is 0. The van der Waals surface area contributed by atoms with Crippen molar-refractivity contribution >= 4 is 23.4 Å². The number of amides is 3. The van der Waals surface area contributed by atoms with Gasteiger partial charge < -0.3 is 9.80 Å². The molecule has 3 heterocycles. The predicted molar refractivity (Wildman–Crippen MR) is 129 cm³/mol. The fraction of sp³-hybridized carbons (Fsp3) is 0.259. The zero-order chi connectivity index (χ0) is 23.8. The number of hydrogen-bond donors (Lipinski definition) is 0. The molecule has 0 saturated carbocycles. The van der Waals surface area contributed by atoms with Gasteiger partial charge in [-0.2, -0.15) is 0 Å². The molecule has 0 radical (unpaired) electrons. The minimum absolute atomic E-state index is 0.0265. The third kappa shape index (κ3) is 3.94. The number of anilines is 1. The molecule has 172 valence electrons. The zero-order valence-corrected chi connectivity index (χ0v) is 19.3. The van der Waals surface area contributed by atoms with Crippen LogP contribution < -0.4 is 4.90 Å². The Bertz CT molecular complexity index is 1260. The summed E-state index contributed by atoms with van der Waals surface area (Å²) in [6.07, 6.45) is 3.32. The van der Waals surface area contributed by atoms with Gasteiger partial charge in [0.15, 0.2) is 0 Å². The topological polar surface area (TPSA) is 73.8 Å². The molecular weight excluding hydrogens is 428 g/mol. The zero-order valence-electron chi connectivity index (χ0n) is 19.3. The van der Waals surface area contributed by atoms with Gasteiger partial charge in [-0.3, -0.25) is 24.3 Å². The van der Waals surface area contributed by atoms with Crippen molar-refractivity contribution in [2.24, 2.45) is 0 Å². The van der Waals surface area contributed by atoms with Crippen LogP contribution in [0.2, 0.25) is 0 Å². The van der Waals surface area contributed by atoms with Crippen molar-refractivity contribution in [3.8, 4) is 0 Å². The van der Waals surface area contributed by atoms with Crippen molar-refractivity contribution in [1.29, 1.82) is 0 Å². The SMILES string of the molecule is Cc1cc(C)cc(C(=O)N2CCN(c3cccc4c3C(=O)N(Cc3cccnc3)C4=O)CC2)c1. The minimum Gasteiger partial charge on any atom is -0.367 e. The molecule has 2 aliphatic heterocycles. The monoisotopic (exact) mass is 454 g/mol. The summed E-state index contributed by atoms with van der Waals surface area (Å²) in [5.41, 5.74) is 5.28. The van der Waals surface area contributed by atoms with E-state index in [0.717, 1.165) is 22.4 Å². The Balaban J connectivity index is 1.33. The fourth-order valence-electron chi connectivity index (χ4n) is 4.83. The summed E-state index contributed by atoms with van der Waals surface area (Å²) in [5.74, 6) is -0.541. The molecule has 3 aromatic rings. The number of benzene rings is 2. The molecule has 0 aliphatic carbocycles. The molecule has 3 amide bonds. The first kappa shape index (κ1) is 21.8. The quantitative estimate of drug-likeness (QED) is 0.565. The summed E-state index contributed by atoms with van der Waals surface area (Å²) in [6.45, 7) is 6.47. The summed E-state index contributed by atoms with van der Waals surface area (Å²) in [7, 11) is 0. The Labute approximate surface area is 198 Å². The molecular formula is C27H26N4O3. The lowest BCUT2D eigenvalue weighted by Crippen LogP contribution is -2.49. The van der Waals surface area contributed by atoms with E-state index in [0.29, 0.717) is 42.9 Å². The number of hydrogen-bond acceptors (Lipinski definition) is 5. The molecule has 1 fully saturated rings. The Hall–Kier alpha value is -4.00. The van der Waals surface area contributed by atoms with Crippen molar-refractivity contribution < 1.29 is 14.4 Å². The van der Waals surface area contributed by atoms with Gasteiger partial charge in [-0.25, -0.2) is 0 Å². The first-order valence-corrected chi connectivity index (χ1v) is 11.4. The summed E-state index contributed by atoms with van der Waals surface area (Å²) in [4.78, 5) is 48.7. The molecule has 0 unspecified atom stereocenters. The highest BCUT2D eigenvalue weighted by Gasteiger charge is 2.39. The van der Waals surface area contributed by atoms with E-state index >= 15 is 0 Å². The van der Waals surface area contributed by atoms with Gasteiger partial charge in [0.2, 0.25) is 0 Å².